The molecule has 0 unspecified atom stereocenters. The summed E-state index contributed by atoms with van der Waals surface area (Å²) in [5.41, 5.74) is 6.25. The number of nitrogen functional groups attached to an aromatic ring is 1. The van der Waals surface area contributed by atoms with Gasteiger partial charge in [0, 0.05) is 18.7 Å². The predicted molar refractivity (Wildman–Crippen MR) is 48.5 cm³/mol. The van der Waals surface area contributed by atoms with Crippen molar-refractivity contribution < 1.29 is 9.47 Å². The smallest absolute Gasteiger partial charge is 0.145 e. The highest BCUT2D eigenvalue weighted by atomic mass is 16.5. The molecule has 0 spiro atoms. The molecule has 1 aliphatic rings. The van der Waals surface area contributed by atoms with Crippen molar-refractivity contribution in [2.24, 2.45) is 0 Å². The third-order valence-corrected chi connectivity index (χ3v) is 1.99. The Hall–Kier alpha value is -1.29. The molecule has 4 heteroatoms. The summed E-state index contributed by atoms with van der Waals surface area (Å²) in [7, 11) is 0. The van der Waals surface area contributed by atoms with Crippen LogP contribution in [0.25, 0.3) is 0 Å². The van der Waals surface area contributed by atoms with Crippen LogP contribution in [0.3, 0.4) is 0 Å². The van der Waals surface area contributed by atoms with E-state index in [9.17, 15) is 0 Å². The fourth-order valence-corrected chi connectivity index (χ4v) is 1.29. The van der Waals surface area contributed by atoms with Gasteiger partial charge >= 0.3 is 0 Å². The van der Waals surface area contributed by atoms with Gasteiger partial charge in [-0.15, -0.1) is 0 Å². The number of aromatic nitrogens is 1. The summed E-state index contributed by atoms with van der Waals surface area (Å²) in [6.07, 6.45) is 4.33. The zero-order valence-corrected chi connectivity index (χ0v) is 7.27. The molecule has 0 bridgehead atoms. The summed E-state index contributed by atoms with van der Waals surface area (Å²) in [5, 5.41) is 0. The quantitative estimate of drug-likeness (QED) is 0.732. The van der Waals surface area contributed by atoms with Crippen LogP contribution in [0.4, 0.5) is 5.69 Å². The molecule has 70 valence electrons. The summed E-state index contributed by atoms with van der Waals surface area (Å²) in [6, 6.07) is 1.77. The minimum atomic E-state index is 0.143. The van der Waals surface area contributed by atoms with Gasteiger partial charge in [0.05, 0.1) is 25.1 Å². The van der Waals surface area contributed by atoms with Gasteiger partial charge in [-0.05, 0) is 0 Å². The Morgan fingerprint density at radius 2 is 2.54 bits per heavy atom. The van der Waals surface area contributed by atoms with Crippen LogP contribution in [0.1, 0.15) is 6.42 Å². The van der Waals surface area contributed by atoms with E-state index in [0.717, 1.165) is 13.0 Å². The zero-order chi connectivity index (χ0) is 9.10. The molecule has 13 heavy (non-hydrogen) atoms. The number of nitrogens with two attached hydrogens (primary N) is 1. The first-order valence-electron chi connectivity index (χ1n) is 4.30. The van der Waals surface area contributed by atoms with E-state index >= 15 is 0 Å². The second-order valence-electron chi connectivity index (χ2n) is 3.02. The highest BCUT2D eigenvalue weighted by Crippen LogP contribution is 2.22. The van der Waals surface area contributed by atoms with E-state index in [4.69, 9.17) is 15.2 Å². The number of pyridine rings is 1. The first-order chi connectivity index (χ1) is 6.36. The number of hydrogen-bond donors (Lipinski definition) is 1. The lowest BCUT2D eigenvalue weighted by molar-refractivity contribution is 0.142. The van der Waals surface area contributed by atoms with Crippen LogP contribution < -0.4 is 10.5 Å². The van der Waals surface area contributed by atoms with E-state index in [1.54, 1.807) is 18.5 Å². The summed E-state index contributed by atoms with van der Waals surface area (Å²) in [4.78, 5) is 3.88. The van der Waals surface area contributed by atoms with Crippen LogP contribution in [0.15, 0.2) is 18.5 Å². The van der Waals surface area contributed by atoms with Crippen LogP contribution in [0, 0.1) is 0 Å². The molecule has 1 aromatic heterocycles. The maximum absolute atomic E-state index is 5.67. The normalized spacial score (nSPS) is 21.7. The molecular formula is C9H12N2O2. The summed E-state index contributed by atoms with van der Waals surface area (Å²) in [6.45, 7) is 1.43. The fourth-order valence-electron chi connectivity index (χ4n) is 1.29. The van der Waals surface area contributed by atoms with Gasteiger partial charge in [-0.2, -0.15) is 0 Å². The topological polar surface area (TPSA) is 57.4 Å². The second kappa shape index (κ2) is 3.62. The Kier molecular flexibility index (Phi) is 2.31. The molecule has 1 atom stereocenters. The summed E-state index contributed by atoms with van der Waals surface area (Å²) >= 11 is 0. The van der Waals surface area contributed by atoms with Crippen LogP contribution >= 0.6 is 0 Å². The van der Waals surface area contributed by atoms with E-state index < -0.39 is 0 Å². The Morgan fingerprint density at radius 3 is 3.23 bits per heavy atom. The average Bonchev–Trinajstić information content (AvgIpc) is 2.61. The molecule has 1 aromatic rings. The van der Waals surface area contributed by atoms with Gasteiger partial charge in [-0.1, -0.05) is 0 Å². The first kappa shape index (κ1) is 8.31. The SMILES string of the molecule is Nc1cnccc1O[C@@H]1CCOC1. The maximum atomic E-state index is 5.67. The van der Waals surface area contributed by atoms with Crippen molar-refractivity contribution in [3.63, 3.8) is 0 Å². The molecule has 0 aliphatic carbocycles. The highest BCUT2D eigenvalue weighted by molar-refractivity contribution is 5.49. The van der Waals surface area contributed by atoms with Gasteiger partial charge in [0.15, 0.2) is 0 Å². The van der Waals surface area contributed by atoms with Crippen LogP contribution in [-0.4, -0.2) is 24.3 Å². The maximum Gasteiger partial charge on any atom is 0.145 e. The van der Waals surface area contributed by atoms with Crippen LogP contribution in [0.2, 0.25) is 0 Å². The Bertz CT molecular complexity index is 285. The Morgan fingerprint density at radius 1 is 1.62 bits per heavy atom. The van der Waals surface area contributed by atoms with Gasteiger partial charge in [0.2, 0.25) is 0 Å². The predicted octanol–water partition coefficient (Wildman–Crippen LogP) is 0.832. The molecule has 1 saturated heterocycles. The number of hydrogen-bond acceptors (Lipinski definition) is 4. The minimum Gasteiger partial charge on any atom is -0.486 e. The van der Waals surface area contributed by atoms with Crippen molar-refractivity contribution in [1.29, 1.82) is 0 Å². The molecule has 1 aliphatic heterocycles. The van der Waals surface area contributed by atoms with E-state index in [0.29, 0.717) is 18.0 Å². The molecular weight excluding hydrogens is 168 g/mol. The van der Waals surface area contributed by atoms with Gasteiger partial charge < -0.3 is 15.2 Å². The number of rotatable bonds is 2. The third-order valence-electron chi connectivity index (χ3n) is 1.99. The fraction of sp³-hybridized carbons (Fsp3) is 0.444. The van der Waals surface area contributed by atoms with E-state index in [1.807, 2.05) is 0 Å². The lowest BCUT2D eigenvalue weighted by atomic mass is 10.3. The van der Waals surface area contributed by atoms with E-state index in [-0.39, 0.29) is 6.10 Å². The number of nitrogens with zero attached hydrogens (tertiary/aromatic N) is 1. The Labute approximate surface area is 76.7 Å². The molecule has 2 heterocycles. The molecule has 0 aromatic carbocycles. The molecule has 2 rings (SSSR count). The molecule has 0 saturated carbocycles. The standard InChI is InChI=1S/C9H12N2O2/c10-8-5-11-3-1-9(8)13-7-2-4-12-6-7/h1,3,5,7H,2,4,6,10H2/t7-/m1/s1. The van der Waals surface area contributed by atoms with Crippen LogP contribution in [-0.2, 0) is 4.74 Å². The monoisotopic (exact) mass is 180 g/mol. The van der Waals surface area contributed by atoms with Crippen LogP contribution in [0.5, 0.6) is 5.75 Å². The van der Waals surface area contributed by atoms with Crippen molar-refractivity contribution in [1.82, 2.24) is 4.98 Å². The minimum absolute atomic E-state index is 0.143. The lowest BCUT2D eigenvalue weighted by Gasteiger charge is -2.12. The number of anilines is 1. The van der Waals surface area contributed by atoms with Crippen molar-refractivity contribution in [2.45, 2.75) is 12.5 Å². The third kappa shape index (κ3) is 1.89. The Balaban J connectivity index is 2.04. The molecule has 2 N–H and O–H groups in total. The van der Waals surface area contributed by atoms with Gasteiger partial charge in [0.1, 0.15) is 11.9 Å². The largest absolute Gasteiger partial charge is 0.486 e. The number of ether oxygens (including phenoxy) is 2. The van der Waals surface area contributed by atoms with Crippen molar-refractivity contribution >= 4 is 5.69 Å². The van der Waals surface area contributed by atoms with Gasteiger partial charge in [0.25, 0.3) is 0 Å². The molecule has 0 radical (unpaired) electrons. The molecule has 1 fully saturated rings. The molecule has 0 amide bonds. The van der Waals surface area contributed by atoms with Crippen molar-refractivity contribution in [2.75, 3.05) is 18.9 Å². The molecule has 4 nitrogen and oxygen atoms in total. The van der Waals surface area contributed by atoms with E-state index in [1.165, 1.54) is 0 Å². The van der Waals surface area contributed by atoms with Crippen molar-refractivity contribution in [3.8, 4) is 5.75 Å². The zero-order valence-electron chi connectivity index (χ0n) is 7.27. The highest BCUT2D eigenvalue weighted by Gasteiger charge is 2.17. The summed E-state index contributed by atoms with van der Waals surface area (Å²) in [5.74, 6) is 0.700. The summed E-state index contributed by atoms with van der Waals surface area (Å²) < 4.78 is 10.8. The second-order valence-corrected chi connectivity index (χ2v) is 3.02. The first-order valence-corrected chi connectivity index (χ1v) is 4.30. The van der Waals surface area contributed by atoms with E-state index in [2.05, 4.69) is 4.98 Å². The van der Waals surface area contributed by atoms with Gasteiger partial charge in [-0.25, -0.2) is 0 Å². The average molecular weight is 180 g/mol. The lowest BCUT2D eigenvalue weighted by Crippen LogP contribution is -2.16. The van der Waals surface area contributed by atoms with Gasteiger partial charge in [-0.3, -0.25) is 4.98 Å². The van der Waals surface area contributed by atoms with Crippen molar-refractivity contribution in [3.05, 3.63) is 18.5 Å².